The molecule has 0 aliphatic carbocycles. The summed E-state index contributed by atoms with van der Waals surface area (Å²) in [6.45, 7) is 4.45. The molecule has 0 bridgehead atoms. The van der Waals surface area contributed by atoms with Gasteiger partial charge >= 0.3 is 5.97 Å². The number of benzene rings is 2. The summed E-state index contributed by atoms with van der Waals surface area (Å²) >= 11 is 6.26. The Morgan fingerprint density at radius 2 is 2.00 bits per heavy atom. The van der Waals surface area contributed by atoms with E-state index in [2.05, 4.69) is 6.92 Å². The highest BCUT2D eigenvalue weighted by molar-refractivity contribution is 6.32. The molecular weight excluding hydrogens is 312 g/mol. The zero-order chi connectivity index (χ0) is 16.8. The van der Waals surface area contributed by atoms with Crippen LogP contribution in [0, 0.1) is 6.92 Å². The van der Waals surface area contributed by atoms with Crippen molar-refractivity contribution >= 4 is 17.6 Å². The topological polar surface area (TPSA) is 35.5 Å². The first-order valence-electron chi connectivity index (χ1n) is 7.60. The zero-order valence-electron chi connectivity index (χ0n) is 13.7. The number of methoxy groups -OCH3 is 1. The highest BCUT2D eigenvalue weighted by Crippen LogP contribution is 2.27. The summed E-state index contributed by atoms with van der Waals surface area (Å²) in [5.74, 6) is 0.387. The number of carbonyl (C=O) groups excluding carboxylic acids is 1. The first-order valence-corrected chi connectivity index (χ1v) is 7.98. The molecule has 0 radical (unpaired) electrons. The minimum atomic E-state index is -0.262. The van der Waals surface area contributed by atoms with E-state index in [0.717, 1.165) is 23.1 Å². The summed E-state index contributed by atoms with van der Waals surface area (Å²) in [6.07, 6.45) is 1.17. The fourth-order valence-electron chi connectivity index (χ4n) is 2.39. The maximum atomic E-state index is 11.6. The Balaban J connectivity index is 2.18. The normalized spacial score (nSPS) is 10.4. The summed E-state index contributed by atoms with van der Waals surface area (Å²) in [5.41, 5.74) is 4.16. The van der Waals surface area contributed by atoms with Crippen molar-refractivity contribution in [1.82, 2.24) is 0 Å². The Morgan fingerprint density at radius 3 is 2.65 bits per heavy atom. The van der Waals surface area contributed by atoms with E-state index >= 15 is 0 Å². The molecule has 0 amide bonds. The van der Waals surface area contributed by atoms with Crippen molar-refractivity contribution in [3.05, 3.63) is 63.7 Å². The first-order chi connectivity index (χ1) is 11.0. The van der Waals surface area contributed by atoms with Gasteiger partial charge in [-0.1, -0.05) is 42.8 Å². The lowest BCUT2D eigenvalue weighted by Crippen LogP contribution is -2.09. The van der Waals surface area contributed by atoms with E-state index in [9.17, 15) is 4.79 Å². The van der Waals surface area contributed by atoms with E-state index in [-0.39, 0.29) is 12.4 Å². The van der Waals surface area contributed by atoms with E-state index in [1.165, 1.54) is 12.7 Å². The molecule has 0 aliphatic rings. The Bertz CT molecular complexity index is 695. The SMILES string of the molecule is CCc1ccc(OCc2c(C)cccc2CC(=O)OC)c(Cl)c1. The predicted molar refractivity (Wildman–Crippen MR) is 92.1 cm³/mol. The average Bonchev–Trinajstić information content (AvgIpc) is 2.55. The van der Waals surface area contributed by atoms with Gasteiger partial charge in [0.1, 0.15) is 12.4 Å². The van der Waals surface area contributed by atoms with Crippen LogP contribution in [0.1, 0.15) is 29.2 Å². The quantitative estimate of drug-likeness (QED) is 0.730. The van der Waals surface area contributed by atoms with Crippen LogP contribution in [0.5, 0.6) is 5.75 Å². The molecule has 0 spiro atoms. The first kappa shape index (κ1) is 17.4. The number of carbonyl (C=O) groups is 1. The van der Waals surface area contributed by atoms with Gasteiger partial charge in [0.15, 0.2) is 0 Å². The van der Waals surface area contributed by atoms with E-state index in [1.807, 2.05) is 43.3 Å². The summed E-state index contributed by atoms with van der Waals surface area (Å²) in [4.78, 5) is 11.6. The minimum Gasteiger partial charge on any atom is -0.487 e. The van der Waals surface area contributed by atoms with Gasteiger partial charge in [-0.15, -0.1) is 0 Å². The molecule has 0 heterocycles. The van der Waals surface area contributed by atoms with Crippen molar-refractivity contribution in [3.63, 3.8) is 0 Å². The molecule has 0 fully saturated rings. The molecule has 0 atom stereocenters. The largest absolute Gasteiger partial charge is 0.487 e. The van der Waals surface area contributed by atoms with Crippen LogP contribution in [0.15, 0.2) is 36.4 Å². The number of rotatable bonds is 6. The van der Waals surface area contributed by atoms with E-state index < -0.39 is 0 Å². The summed E-state index contributed by atoms with van der Waals surface area (Å²) in [5, 5.41) is 0.604. The monoisotopic (exact) mass is 332 g/mol. The van der Waals surface area contributed by atoms with Crippen molar-refractivity contribution in [2.24, 2.45) is 0 Å². The molecule has 0 aromatic heterocycles. The van der Waals surface area contributed by atoms with E-state index in [4.69, 9.17) is 21.1 Å². The van der Waals surface area contributed by atoms with Gasteiger partial charge in [0.2, 0.25) is 0 Å². The number of hydrogen-bond donors (Lipinski definition) is 0. The molecule has 0 saturated carbocycles. The van der Waals surface area contributed by atoms with Crippen LogP contribution >= 0.6 is 11.6 Å². The van der Waals surface area contributed by atoms with Crippen molar-refractivity contribution in [1.29, 1.82) is 0 Å². The van der Waals surface area contributed by atoms with Gasteiger partial charge in [-0.2, -0.15) is 0 Å². The van der Waals surface area contributed by atoms with Crippen LogP contribution in [0.3, 0.4) is 0 Å². The summed E-state index contributed by atoms with van der Waals surface area (Å²) in [7, 11) is 1.39. The molecule has 2 aromatic carbocycles. The zero-order valence-corrected chi connectivity index (χ0v) is 14.4. The number of esters is 1. The predicted octanol–water partition coefficient (Wildman–Crippen LogP) is 4.51. The molecule has 0 aliphatic heterocycles. The Hall–Kier alpha value is -2.00. The Morgan fingerprint density at radius 1 is 1.22 bits per heavy atom. The van der Waals surface area contributed by atoms with E-state index in [0.29, 0.717) is 17.4 Å². The summed E-state index contributed by atoms with van der Waals surface area (Å²) < 4.78 is 10.6. The molecular formula is C19H21ClO3. The lowest BCUT2D eigenvalue weighted by atomic mass is 10.0. The van der Waals surface area contributed by atoms with Gasteiger partial charge < -0.3 is 9.47 Å². The lowest BCUT2D eigenvalue weighted by molar-refractivity contribution is -0.139. The smallest absolute Gasteiger partial charge is 0.309 e. The third-order valence-electron chi connectivity index (χ3n) is 3.85. The van der Waals surface area contributed by atoms with Crippen molar-refractivity contribution in [2.75, 3.05) is 7.11 Å². The minimum absolute atomic E-state index is 0.235. The molecule has 4 heteroatoms. The van der Waals surface area contributed by atoms with Crippen LogP contribution in [0.2, 0.25) is 5.02 Å². The lowest BCUT2D eigenvalue weighted by Gasteiger charge is -2.14. The Kier molecular flexibility index (Phi) is 6.05. The van der Waals surface area contributed by atoms with Gasteiger partial charge in [-0.25, -0.2) is 0 Å². The third kappa shape index (κ3) is 4.49. The highest BCUT2D eigenvalue weighted by Gasteiger charge is 2.12. The maximum Gasteiger partial charge on any atom is 0.309 e. The standard InChI is InChI=1S/C19H21ClO3/c1-4-14-8-9-18(17(20)10-14)23-12-16-13(2)6-5-7-15(16)11-19(21)22-3/h5-10H,4,11-12H2,1-3H3. The van der Waals surface area contributed by atoms with Crippen LogP contribution in [0.4, 0.5) is 0 Å². The third-order valence-corrected chi connectivity index (χ3v) is 4.14. The van der Waals surface area contributed by atoms with Crippen molar-refractivity contribution < 1.29 is 14.3 Å². The van der Waals surface area contributed by atoms with Crippen LogP contribution in [0.25, 0.3) is 0 Å². The number of halogens is 1. The van der Waals surface area contributed by atoms with Gasteiger partial charge in [-0.3, -0.25) is 4.79 Å². The molecule has 3 nitrogen and oxygen atoms in total. The molecule has 2 rings (SSSR count). The average molecular weight is 333 g/mol. The second-order valence-electron chi connectivity index (χ2n) is 5.37. The van der Waals surface area contributed by atoms with Gasteiger partial charge in [0, 0.05) is 0 Å². The molecule has 0 N–H and O–H groups in total. The van der Waals surface area contributed by atoms with Crippen LogP contribution in [-0.2, 0) is 29.0 Å². The highest BCUT2D eigenvalue weighted by atomic mass is 35.5. The van der Waals surface area contributed by atoms with Gasteiger partial charge in [-0.05, 0) is 47.7 Å². The second-order valence-corrected chi connectivity index (χ2v) is 5.78. The van der Waals surface area contributed by atoms with E-state index in [1.54, 1.807) is 0 Å². The maximum absolute atomic E-state index is 11.6. The van der Waals surface area contributed by atoms with Crippen LogP contribution < -0.4 is 4.74 Å². The Labute approximate surface area is 142 Å². The van der Waals surface area contributed by atoms with Crippen molar-refractivity contribution in [2.45, 2.75) is 33.3 Å². The number of ether oxygens (including phenoxy) is 2. The molecule has 122 valence electrons. The van der Waals surface area contributed by atoms with Gasteiger partial charge in [0.25, 0.3) is 0 Å². The molecule has 0 unspecified atom stereocenters. The fourth-order valence-corrected chi connectivity index (χ4v) is 2.65. The number of hydrogen-bond acceptors (Lipinski definition) is 3. The molecule has 2 aromatic rings. The second kappa shape index (κ2) is 8.02. The molecule has 23 heavy (non-hydrogen) atoms. The number of aryl methyl sites for hydroxylation is 2. The summed E-state index contributed by atoms with van der Waals surface area (Å²) in [6, 6.07) is 11.7. The van der Waals surface area contributed by atoms with Gasteiger partial charge in [0.05, 0.1) is 18.6 Å². The fraction of sp³-hybridized carbons (Fsp3) is 0.316. The van der Waals surface area contributed by atoms with Crippen LogP contribution in [-0.4, -0.2) is 13.1 Å². The van der Waals surface area contributed by atoms with Crippen molar-refractivity contribution in [3.8, 4) is 5.75 Å². The molecule has 0 saturated heterocycles.